The number of phenols is 1. The number of hydrogen-bond acceptors (Lipinski definition) is 3. The lowest BCUT2D eigenvalue weighted by Crippen LogP contribution is -1.73. The Bertz CT molecular complexity index is 368. The number of hydrogen-bond donors (Lipinski definition) is 1. The highest BCUT2D eigenvalue weighted by Crippen LogP contribution is 2.27. The second kappa shape index (κ2) is 2.70. The molecule has 1 aromatic heterocycles. The second-order valence-corrected chi connectivity index (χ2v) is 2.43. The van der Waals surface area contributed by atoms with Gasteiger partial charge in [-0.2, -0.15) is 0 Å². The van der Waals surface area contributed by atoms with Crippen LogP contribution in [-0.4, -0.2) is 10.3 Å². The van der Waals surface area contributed by atoms with Crippen LogP contribution in [0, 0.1) is 0 Å². The van der Waals surface area contributed by atoms with Crippen LogP contribution in [0.5, 0.6) is 5.75 Å². The van der Waals surface area contributed by atoms with Crippen LogP contribution < -0.4 is 0 Å². The lowest BCUT2D eigenvalue weighted by atomic mass is 10.1. The van der Waals surface area contributed by atoms with Gasteiger partial charge < -0.3 is 9.63 Å². The molecule has 0 atom stereocenters. The van der Waals surface area contributed by atoms with Crippen molar-refractivity contribution in [3.8, 4) is 16.9 Å². The molecule has 3 heteroatoms. The number of rotatable bonds is 1. The fourth-order valence-corrected chi connectivity index (χ4v) is 1.06. The van der Waals surface area contributed by atoms with Crippen LogP contribution in [0.25, 0.3) is 11.1 Å². The molecule has 0 amide bonds. The first-order chi connectivity index (χ1) is 5.88. The van der Waals surface area contributed by atoms with Crippen molar-refractivity contribution in [3.05, 3.63) is 36.7 Å². The standard InChI is InChI=1S/C9H7NO2/c11-9-4-2-1-3-8(9)7-5-10-12-6-7/h1-6,11H. The van der Waals surface area contributed by atoms with Crippen molar-refractivity contribution in [1.82, 2.24) is 5.16 Å². The lowest BCUT2D eigenvalue weighted by molar-refractivity contribution is 0.420. The maximum atomic E-state index is 9.41. The molecule has 0 aliphatic rings. The van der Waals surface area contributed by atoms with E-state index in [0.717, 1.165) is 11.1 Å². The summed E-state index contributed by atoms with van der Waals surface area (Å²) < 4.78 is 4.66. The van der Waals surface area contributed by atoms with E-state index in [1.54, 1.807) is 18.3 Å². The van der Waals surface area contributed by atoms with Crippen molar-refractivity contribution in [2.75, 3.05) is 0 Å². The van der Waals surface area contributed by atoms with Crippen molar-refractivity contribution in [2.45, 2.75) is 0 Å². The summed E-state index contributed by atoms with van der Waals surface area (Å²) in [5, 5.41) is 13.0. The zero-order chi connectivity index (χ0) is 8.39. The average Bonchev–Trinajstić information content (AvgIpc) is 2.57. The lowest BCUT2D eigenvalue weighted by Gasteiger charge is -1.97. The minimum absolute atomic E-state index is 0.237. The molecule has 0 aliphatic heterocycles. The van der Waals surface area contributed by atoms with Gasteiger partial charge in [-0.25, -0.2) is 0 Å². The Hall–Kier alpha value is -1.77. The first kappa shape index (κ1) is 6.91. The summed E-state index contributed by atoms with van der Waals surface area (Å²) in [4.78, 5) is 0. The minimum atomic E-state index is 0.237. The average molecular weight is 161 g/mol. The van der Waals surface area contributed by atoms with Gasteiger partial charge in [0.2, 0.25) is 0 Å². The van der Waals surface area contributed by atoms with Gasteiger partial charge in [0.1, 0.15) is 12.0 Å². The van der Waals surface area contributed by atoms with Crippen molar-refractivity contribution in [3.63, 3.8) is 0 Å². The van der Waals surface area contributed by atoms with Gasteiger partial charge in [0.05, 0.1) is 6.20 Å². The molecule has 0 radical (unpaired) electrons. The number of aromatic nitrogens is 1. The maximum Gasteiger partial charge on any atom is 0.131 e. The Morgan fingerprint density at radius 1 is 1.25 bits per heavy atom. The van der Waals surface area contributed by atoms with Crippen LogP contribution in [0.4, 0.5) is 0 Å². The molecule has 1 aromatic carbocycles. The molecule has 0 bridgehead atoms. The number of phenolic OH excluding ortho intramolecular Hbond substituents is 1. The number of nitrogens with zero attached hydrogens (tertiary/aromatic N) is 1. The maximum absolute atomic E-state index is 9.41. The molecule has 12 heavy (non-hydrogen) atoms. The van der Waals surface area contributed by atoms with E-state index in [4.69, 9.17) is 0 Å². The first-order valence-corrected chi connectivity index (χ1v) is 3.55. The molecule has 0 saturated heterocycles. The molecule has 2 rings (SSSR count). The van der Waals surface area contributed by atoms with Crippen LogP contribution in [0.1, 0.15) is 0 Å². The summed E-state index contributed by atoms with van der Waals surface area (Å²) in [6.45, 7) is 0. The Morgan fingerprint density at radius 3 is 2.75 bits per heavy atom. The third-order valence-corrected chi connectivity index (χ3v) is 1.65. The SMILES string of the molecule is Oc1ccccc1-c1cnoc1. The van der Waals surface area contributed by atoms with E-state index in [-0.39, 0.29) is 5.75 Å². The number of benzene rings is 1. The minimum Gasteiger partial charge on any atom is -0.507 e. The van der Waals surface area contributed by atoms with Gasteiger partial charge in [0.15, 0.2) is 0 Å². The monoisotopic (exact) mass is 161 g/mol. The molecule has 60 valence electrons. The summed E-state index contributed by atoms with van der Waals surface area (Å²) in [6.07, 6.45) is 3.06. The summed E-state index contributed by atoms with van der Waals surface area (Å²) in [5.74, 6) is 0.237. The van der Waals surface area contributed by atoms with E-state index in [9.17, 15) is 5.11 Å². The van der Waals surface area contributed by atoms with Crippen LogP contribution in [0.15, 0.2) is 41.2 Å². The largest absolute Gasteiger partial charge is 0.507 e. The van der Waals surface area contributed by atoms with E-state index in [0.29, 0.717) is 0 Å². The van der Waals surface area contributed by atoms with Gasteiger partial charge in [-0.1, -0.05) is 23.4 Å². The molecule has 0 spiro atoms. The third-order valence-electron chi connectivity index (χ3n) is 1.65. The van der Waals surface area contributed by atoms with Gasteiger partial charge in [-0.05, 0) is 6.07 Å². The molecule has 0 unspecified atom stereocenters. The Labute approximate surface area is 69.2 Å². The van der Waals surface area contributed by atoms with E-state index in [1.165, 1.54) is 6.26 Å². The fraction of sp³-hybridized carbons (Fsp3) is 0. The normalized spacial score (nSPS) is 10.0. The Kier molecular flexibility index (Phi) is 1.55. The van der Waals surface area contributed by atoms with Crippen LogP contribution in [0.3, 0.4) is 0 Å². The molecule has 0 aliphatic carbocycles. The van der Waals surface area contributed by atoms with Crippen LogP contribution >= 0.6 is 0 Å². The van der Waals surface area contributed by atoms with Crippen LogP contribution in [0.2, 0.25) is 0 Å². The van der Waals surface area contributed by atoms with E-state index in [2.05, 4.69) is 9.68 Å². The molecule has 2 aromatic rings. The topological polar surface area (TPSA) is 46.3 Å². The van der Waals surface area contributed by atoms with E-state index in [1.807, 2.05) is 12.1 Å². The van der Waals surface area contributed by atoms with Gasteiger partial charge >= 0.3 is 0 Å². The smallest absolute Gasteiger partial charge is 0.131 e. The fourth-order valence-electron chi connectivity index (χ4n) is 1.06. The van der Waals surface area contributed by atoms with Gasteiger partial charge in [0, 0.05) is 11.1 Å². The van der Waals surface area contributed by atoms with E-state index < -0.39 is 0 Å². The highest BCUT2D eigenvalue weighted by molar-refractivity contribution is 5.67. The third kappa shape index (κ3) is 1.05. The first-order valence-electron chi connectivity index (χ1n) is 3.55. The zero-order valence-corrected chi connectivity index (χ0v) is 6.27. The quantitative estimate of drug-likeness (QED) is 0.696. The molecule has 0 saturated carbocycles. The Balaban J connectivity index is 2.55. The van der Waals surface area contributed by atoms with Gasteiger partial charge in [-0.3, -0.25) is 0 Å². The molecule has 1 heterocycles. The predicted octanol–water partition coefficient (Wildman–Crippen LogP) is 2.05. The number of para-hydroxylation sites is 1. The van der Waals surface area contributed by atoms with Crippen molar-refractivity contribution in [2.24, 2.45) is 0 Å². The van der Waals surface area contributed by atoms with Gasteiger partial charge in [0.25, 0.3) is 0 Å². The van der Waals surface area contributed by atoms with Crippen molar-refractivity contribution in [1.29, 1.82) is 0 Å². The van der Waals surface area contributed by atoms with E-state index >= 15 is 0 Å². The molecule has 0 fully saturated rings. The summed E-state index contributed by atoms with van der Waals surface area (Å²) in [5.41, 5.74) is 1.52. The highest BCUT2D eigenvalue weighted by atomic mass is 16.5. The second-order valence-electron chi connectivity index (χ2n) is 2.43. The van der Waals surface area contributed by atoms with Crippen molar-refractivity contribution < 1.29 is 9.63 Å². The Morgan fingerprint density at radius 2 is 2.08 bits per heavy atom. The highest BCUT2D eigenvalue weighted by Gasteiger charge is 2.03. The summed E-state index contributed by atoms with van der Waals surface area (Å²) in [6, 6.07) is 7.05. The zero-order valence-electron chi connectivity index (χ0n) is 6.27. The molecular formula is C9H7NO2. The van der Waals surface area contributed by atoms with Crippen LogP contribution in [-0.2, 0) is 0 Å². The summed E-state index contributed by atoms with van der Waals surface area (Å²) in [7, 11) is 0. The number of aromatic hydroxyl groups is 1. The molecular weight excluding hydrogens is 154 g/mol. The summed E-state index contributed by atoms with van der Waals surface area (Å²) >= 11 is 0. The molecule has 1 N–H and O–H groups in total. The predicted molar refractivity (Wildman–Crippen MR) is 43.6 cm³/mol. The van der Waals surface area contributed by atoms with Gasteiger partial charge in [-0.15, -0.1) is 0 Å². The molecule has 3 nitrogen and oxygen atoms in total. The van der Waals surface area contributed by atoms with Crippen molar-refractivity contribution >= 4 is 0 Å².